The van der Waals surface area contributed by atoms with Crippen molar-refractivity contribution in [3.8, 4) is 17.0 Å². The highest BCUT2D eigenvalue weighted by Crippen LogP contribution is 2.21. The summed E-state index contributed by atoms with van der Waals surface area (Å²) in [5.74, 6) is -0.289. The van der Waals surface area contributed by atoms with Crippen molar-refractivity contribution in [1.82, 2.24) is 14.9 Å². The Kier molecular flexibility index (Phi) is 4.27. The smallest absolute Gasteiger partial charge is 0.229 e. The van der Waals surface area contributed by atoms with Gasteiger partial charge in [0.15, 0.2) is 5.82 Å². The highest BCUT2D eigenvalue weighted by Gasteiger charge is 2.28. The lowest BCUT2D eigenvalue weighted by molar-refractivity contribution is -0.138. The van der Waals surface area contributed by atoms with Crippen LogP contribution < -0.4 is 4.74 Å². The number of carbonyl (C=O) groups excluding carboxylic acids is 2. The lowest BCUT2D eigenvalue weighted by atomic mass is 10.2. The first-order valence-corrected chi connectivity index (χ1v) is 7.17. The zero-order chi connectivity index (χ0) is 16.2. The third-order valence-electron chi connectivity index (χ3n) is 3.52. The van der Waals surface area contributed by atoms with E-state index in [1.165, 1.54) is 17.3 Å². The molecule has 118 valence electrons. The second-order valence-corrected chi connectivity index (χ2v) is 5.02. The lowest BCUT2D eigenvalue weighted by Crippen LogP contribution is -2.33. The van der Waals surface area contributed by atoms with Crippen molar-refractivity contribution in [2.45, 2.75) is 12.8 Å². The van der Waals surface area contributed by atoms with Gasteiger partial charge in [0.25, 0.3) is 0 Å². The summed E-state index contributed by atoms with van der Waals surface area (Å²) in [4.78, 5) is 32.0. The molecule has 23 heavy (non-hydrogen) atoms. The number of imide groups is 1. The Labute approximate surface area is 131 Å². The van der Waals surface area contributed by atoms with Crippen LogP contribution in [0.15, 0.2) is 36.8 Å². The number of carbonyl (C=O) groups is 2. The second kappa shape index (κ2) is 6.51. The van der Waals surface area contributed by atoms with E-state index in [2.05, 4.69) is 9.97 Å². The highest BCUT2D eigenvalue weighted by atomic mass is 19.1. The monoisotopic (exact) mass is 315 g/mol. The number of nitrogens with zero attached hydrogens (tertiary/aromatic N) is 3. The van der Waals surface area contributed by atoms with E-state index in [1.807, 2.05) is 0 Å². The van der Waals surface area contributed by atoms with E-state index >= 15 is 0 Å². The predicted octanol–water partition coefficient (Wildman–Crippen LogP) is 1.81. The van der Waals surface area contributed by atoms with Crippen molar-refractivity contribution in [2.75, 3.05) is 13.2 Å². The lowest BCUT2D eigenvalue weighted by Gasteiger charge is -2.14. The van der Waals surface area contributed by atoms with Crippen LogP contribution in [-0.2, 0) is 9.59 Å². The quantitative estimate of drug-likeness (QED) is 0.787. The van der Waals surface area contributed by atoms with Crippen molar-refractivity contribution in [1.29, 1.82) is 0 Å². The summed E-state index contributed by atoms with van der Waals surface area (Å²) in [5.41, 5.74) is 0.835. The van der Waals surface area contributed by atoms with Crippen molar-refractivity contribution < 1.29 is 18.7 Å². The molecular weight excluding hydrogens is 301 g/mol. The molecule has 0 N–H and O–H groups in total. The average molecular weight is 315 g/mol. The molecule has 3 rings (SSSR count). The van der Waals surface area contributed by atoms with Crippen LogP contribution in [0.5, 0.6) is 5.75 Å². The molecule has 0 bridgehead atoms. The third kappa shape index (κ3) is 3.33. The summed E-state index contributed by atoms with van der Waals surface area (Å²) in [5, 5.41) is 0. The normalized spacial score (nSPS) is 14.4. The van der Waals surface area contributed by atoms with Crippen LogP contribution >= 0.6 is 0 Å². The number of pyridine rings is 2. The summed E-state index contributed by atoms with van der Waals surface area (Å²) in [7, 11) is 0. The summed E-state index contributed by atoms with van der Waals surface area (Å²) < 4.78 is 19.1. The molecule has 2 aromatic heterocycles. The number of likely N-dealkylation sites (tertiary alicyclic amines) is 1. The molecule has 0 atom stereocenters. The maximum atomic E-state index is 13.6. The molecule has 1 fully saturated rings. The Morgan fingerprint density at radius 2 is 1.91 bits per heavy atom. The first-order chi connectivity index (χ1) is 11.1. The van der Waals surface area contributed by atoms with Gasteiger partial charge in [0, 0.05) is 24.6 Å². The van der Waals surface area contributed by atoms with E-state index in [1.54, 1.807) is 18.2 Å². The maximum absolute atomic E-state index is 13.6. The molecule has 0 aliphatic carbocycles. The van der Waals surface area contributed by atoms with E-state index in [9.17, 15) is 14.0 Å². The molecule has 0 spiro atoms. The molecule has 0 aromatic carbocycles. The van der Waals surface area contributed by atoms with Crippen molar-refractivity contribution in [3.63, 3.8) is 0 Å². The fourth-order valence-electron chi connectivity index (χ4n) is 2.33. The minimum Gasteiger partial charge on any atom is -0.490 e. The van der Waals surface area contributed by atoms with Gasteiger partial charge in [0.2, 0.25) is 11.8 Å². The molecular formula is C16H14FN3O3. The van der Waals surface area contributed by atoms with Gasteiger partial charge in [-0.05, 0) is 18.2 Å². The van der Waals surface area contributed by atoms with Crippen molar-refractivity contribution in [3.05, 3.63) is 42.6 Å². The molecule has 3 heterocycles. The SMILES string of the molecule is O=C1CCC(=O)N1CCOc1ccc(-c2ccncc2F)nc1. The average Bonchev–Trinajstić information content (AvgIpc) is 2.88. The predicted molar refractivity (Wildman–Crippen MR) is 78.9 cm³/mol. The van der Waals surface area contributed by atoms with Gasteiger partial charge in [0.1, 0.15) is 12.4 Å². The summed E-state index contributed by atoms with van der Waals surface area (Å²) in [6.45, 7) is 0.417. The zero-order valence-electron chi connectivity index (χ0n) is 12.2. The Morgan fingerprint density at radius 1 is 1.13 bits per heavy atom. The molecule has 0 saturated carbocycles. The maximum Gasteiger partial charge on any atom is 0.229 e. The van der Waals surface area contributed by atoms with Crippen LogP contribution in [0.1, 0.15) is 12.8 Å². The van der Waals surface area contributed by atoms with E-state index in [4.69, 9.17) is 4.74 Å². The number of halogens is 1. The largest absolute Gasteiger partial charge is 0.490 e. The van der Waals surface area contributed by atoms with Crippen LogP contribution in [0.4, 0.5) is 4.39 Å². The molecule has 6 nitrogen and oxygen atoms in total. The molecule has 1 aliphatic heterocycles. The topological polar surface area (TPSA) is 72.4 Å². The van der Waals surface area contributed by atoms with Crippen LogP contribution in [-0.4, -0.2) is 39.8 Å². The van der Waals surface area contributed by atoms with Crippen LogP contribution in [0, 0.1) is 5.82 Å². The van der Waals surface area contributed by atoms with E-state index in [0.29, 0.717) is 17.0 Å². The van der Waals surface area contributed by atoms with Gasteiger partial charge in [0.05, 0.1) is 24.6 Å². The number of hydrogen-bond acceptors (Lipinski definition) is 5. The van der Waals surface area contributed by atoms with Gasteiger partial charge in [-0.2, -0.15) is 0 Å². The number of hydrogen-bond donors (Lipinski definition) is 0. The Bertz CT molecular complexity index is 718. The fraction of sp³-hybridized carbons (Fsp3) is 0.250. The molecule has 1 aliphatic rings. The summed E-state index contributed by atoms with van der Waals surface area (Å²) >= 11 is 0. The van der Waals surface area contributed by atoms with E-state index in [0.717, 1.165) is 6.20 Å². The number of rotatable bonds is 5. The van der Waals surface area contributed by atoms with Gasteiger partial charge in [-0.3, -0.25) is 24.5 Å². The molecule has 0 radical (unpaired) electrons. The van der Waals surface area contributed by atoms with E-state index < -0.39 is 5.82 Å². The van der Waals surface area contributed by atoms with Gasteiger partial charge in [-0.25, -0.2) is 4.39 Å². The Morgan fingerprint density at radius 3 is 2.57 bits per heavy atom. The number of aromatic nitrogens is 2. The zero-order valence-corrected chi connectivity index (χ0v) is 12.2. The van der Waals surface area contributed by atoms with Crippen LogP contribution in [0.3, 0.4) is 0 Å². The molecule has 7 heteroatoms. The van der Waals surface area contributed by atoms with Gasteiger partial charge in [-0.1, -0.05) is 0 Å². The standard InChI is InChI=1S/C16H14FN3O3/c17-13-10-18-6-5-12(13)14-2-1-11(9-19-14)23-8-7-20-15(21)3-4-16(20)22/h1-2,5-6,9-10H,3-4,7-8H2. The van der Waals surface area contributed by atoms with Gasteiger partial charge in [-0.15, -0.1) is 0 Å². The second-order valence-electron chi connectivity index (χ2n) is 5.02. The van der Waals surface area contributed by atoms with Crippen molar-refractivity contribution in [2.24, 2.45) is 0 Å². The molecule has 2 aromatic rings. The van der Waals surface area contributed by atoms with Crippen LogP contribution in [0.25, 0.3) is 11.3 Å². The summed E-state index contributed by atoms with van der Waals surface area (Å²) in [6, 6.07) is 4.85. The molecule has 1 saturated heterocycles. The van der Waals surface area contributed by atoms with Gasteiger partial charge < -0.3 is 4.74 Å². The van der Waals surface area contributed by atoms with Crippen LogP contribution in [0.2, 0.25) is 0 Å². The minimum absolute atomic E-state index is 0.166. The number of amides is 2. The Hall–Kier alpha value is -2.83. The molecule has 0 unspecified atom stereocenters. The van der Waals surface area contributed by atoms with E-state index in [-0.39, 0.29) is 37.8 Å². The first kappa shape index (κ1) is 15.1. The van der Waals surface area contributed by atoms with Gasteiger partial charge >= 0.3 is 0 Å². The summed E-state index contributed by atoms with van der Waals surface area (Å²) in [6.07, 6.45) is 4.64. The third-order valence-corrected chi connectivity index (χ3v) is 3.52. The number of ether oxygens (including phenoxy) is 1. The minimum atomic E-state index is -0.445. The Balaban J connectivity index is 1.59. The van der Waals surface area contributed by atoms with Crippen molar-refractivity contribution >= 4 is 11.8 Å². The highest BCUT2D eigenvalue weighted by molar-refractivity contribution is 6.01. The fourth-order valence-corrected chi connectivity index (χ4v) is 2.33. The first-order valence-electron chi connectivity index (χ1n) is 7.17. The molecule has 2 amide bonds.